The molecule has 5 heteroatoms. The molecular formula is C2H4N2O2S. The van der Waals surface area contributed by atoms with Gasteiger partial charge in [0.1, 0.15) is 0 Å². The van der Waals surface area contributed by atoms with Gasteiger partial charge in [0.2, 0.25) is 0 Å². The standard InChI is InChI=1S/C2H4N2O2S/c3-1-2-7(4,5)6/h3H2,(H2,4,5,6). The molecule has 0 amide bonds. The first kappa shape index (κ1) is 6.27. The lowest BCUT2D eigenvalue weighted by Gasteiger charge is -1.72. The highest BCUT2D eigenvalue weighted by atomic mass is 32.2. The van der Waals surface area contributed by atoms with E-state index >= 15 is 0 Å². The van der Waals surface area contributed by atoms with Crippen LogP contribution in [-0.2, 0) is 10.0 Å². The molecule has 4 nitrogen and oxygen atoms in total. The van der Waals surface area contributed by atoms with E-state index in [0.717, 1.165) is 0 Å². The van der Waals surface area contributed by atoms with Gasteiger partial charge >= 0.3 is 0 Å². The molecule has 0 heterocycles. The zero-order valence-corrected chi connectivity index (χ0v) is 4.20. The third-order valence-corrected chi connectivity index (χ3v) is 0.604. The van der Waals surface area contributed by atoms with Gasteiger partial charge in [-0.25, -0.2) is 5.14 Å². The van der Waals surface area contributed by atoms with Crippen LogP contribution >= 0.6 is 0 Å². The second kappa shape index (κ2) is 1.82. The molecule has 4 N–H and O–H groups in total. The maximum atomic E-state index is 9.76. The largest absolute Gasteiger partial charge is 0.358 e. The molecule has 0 rings (SSSR count). The van der Waals surface area contributed by atoms with Crippen molar-refractivity contribution in [1.82, 2.24) is 0 Å². The molecule has 0 aliphatic carbocycles. The van der Waals surface area contributed by atoms with Crippen LogP contribution in [0, 0.1) is 11.3 Å². The second-order valence-electron chi connectivity index (χ2n) is 0.791. The van der Waals surface area contributed by atoms with Crippen LogP contribution in [0.25, 0.3) is 0 Å². The fourth-order valence-electron chi connectivity index (χ4n) is 0.0821. The van der Waals surface area contributed by atoms with E-state index in [1.165, 1.54) is 0 Å². The molecule has 0 aromatic carbocycles. The SMILES string of the molecule is NC#CS(N)(=O)=O. The first-order valence-electron chi connectivity index (χ1n) is 1.31. The van der Waals surface area contributed by atoms with Gasteiger partial charge in [-0.2, -0.15) is 8.42 Å². The smallest absolute Gasteiger partial charge is 0.279 e. The van der Waals surface area contributed by atoms with Gasteiger partial charge in [0.25, 0.3) is 10.0 Å². The summed E-state index contributed by atoms with van der Waals surface area (Å²) in [4.78, 5) is 0. The van der Waals surface area contributed by atoms with Gasteiger partial charge in [-0.1, -0.05) is 0 Å². The Hall–Kier alpha value is -0.730. The van der Waals surface area contributed by atoms with Crippen molar-refractivity contribution < 1.29 is 8.42 Å². The van der Waals surface area contributed by atoms with E-state index in [4.69, 9.17) is 0 Å². The van der Waals surface area contributed by atoms with Gasteiger partial charge in [0, 0.05) is 6.04 Å². The Morgan fingerprint density at radius 1 is 1.43 bits per heavy atom. The van der Waals surface area contributed by atoms with E-state index in [1.807, 2.05) is 0 Å². The van der Waals surface area contributed by atoms with Crippen molar-refractivity contribution in [1.29, 1.82) is 0 Å². The van der Waals surface area contributed by atoms with E-state index < -0.39 is 10.0 Å². The summed E-state index contributed by atoms with van der Waals surface area (Å²) in [6.45, 7) is 0. The molecular weight excluding hydrogens is 116 g/mol. The lowest BCUT2D eigenvalue weighted by Crippen LogP contribution is -2.08. The van der Waals surface area contributed by atoms with Crippen LogP contribution in [-0.4, -0.2) is 8.42 Å². The zero-order chi connectivity index (χ0) is 5.91. The number of primary sulfonamides is 1. The molecule has 0 atom stereocenters. The molecule has 40 valence electrons. The minimum atomic E-state index is -3.66. The van der Waals surface area contributed by atoms with Crippen LogP contribution in [0.2, 0.25) is 0 Å². The van der Waals surface area contributed by atoms with Crippen LogP contribution in [0.5, 0.6) is 0 Å². The van der Waals surface area contributed by atoms with Crippen molar-refractivity contribution in [2.24, 2.45) is 10.9 Å². The number of rotatable bonds is 0. The van der Waals surface area contributed by atoms with Gasteiger partial charge in [-0.05, 0) is 0 Å². The summed E-state index contributed by atoms with van der Waals surface area (Å²) in [7, 11) is -3.66. The maximum absolute atomic E-state index is 9.76. The molecule has 0 unspecified atom stereocenters. The average molecular weight is 120 g/mol. The Balaban J connectivity index is 4.34. The molecule has 0 aromatic rings. The molecule has 0 saturated carbocycles. The normalized spacial score (nSPS) is 9.29. The Kier molecular flexibility index (Phi) is 1.63. The fourth-order valence-corrected chi connectivity index (χ4v) is 0.246. The maximum Gasteiger partial charge on any atom is 0.279 e. The van der Waals surface area contributed by atoms with Crippen molar-refractivity contribution in [2.75, 3.05) is 0 Å². The van der Waals surface area contributed by atoms with E-state index in [1.54, 1.807) is 11.3 Å². The van der Waals surface area contributed by atoms with Gasteiger partial charge < -0.3 is 5.73 Å². The minimum Gasteiger partial charge on any atom is -0.358 e. The highest BCUT2D eigenvalue weighted by molar-refractivity contribution is 7.93. The first-order valence-corrected chi connectivity index (χ1v) is 2.86. The van der Waals surface area contributed by atoms with Gasteiger partial charge in [0.05, 0.1) is 5.25 Å². The molecule has 0 aliphatic rings. The zero-order valence-electron chi connectivity index (χ0n) is 3.38. The molecule has 7 heavy (non-hydrogen) atoms. The van der Waals surface area contributed by atoms with E-state index in [2.05, 4.69) is 10.9 Å². The first-order chi connectivity index (χ1) is 3.06. The van der Waals surface area contributed by atoms with Crippen LogP contribution < -0.4 is 10.9 Å². The molecule has 0 aliphatic heterocycles. The predicted molar refractivity (Wildman–Crippen MR) is 25.1 cm³/mol. The van der Waals surface area contributed by atoms with E-state index in [0.29, 0.717) is 0 Å². The third-order valence-electron chi connectivity index (χ3n) is 0.201. The summed E-state index contributed by atoms with van der Waals surface area (Å²) < 4.78 is 19.5. The topological polar surface area (TPSA) is 86.2 Å². The molecule has 0 aromatic heterocycles. The van der Waals surface area contributed by atoms with Crippen LogP contribution in [0.4, 0.5) is 0 Å². The summed E-state index contributed by atoms with van der Waals surface area (Å²) >= 11 is 0. The molecule has 0 radical (unpaired) electrons. The Morgan fingerprint density at radius 3 is 1.86 bits per heavy atom. The monoisotopic (exact) mass is 120 g/mol. The third kappa shape index (κ3) is 5.27. The number of nitrogens with two attached hydrogens (primary N) is 2. The average Bonchev–Trinajstić information content (AvgIpc) is 1.30. The summed E-state index contributed by atoms with van der Waals surface area (Å²) in [6, 6.07) is 1.64. The second-order valence-corrected chi connectivity index (χ2v) is 2.09. The van der Waals surface area contributed by atoms with E-state index in [9.17, 15) is 8.42 Å². The van der Waals surface area contributed by atoms with Gasteiger partial charge in [-0.15, -0.1) is 0 Å². The molecule has 0 spiro atoms. The highest BCUT2D eigenvalue weighted by Crippen LogP contribution is 1.63. The molecule has 0 bridgehead atoms. The summed E-state index contributed by atoms with van der Waals surface area (Å²) in [5.41, 5.74) is 4.49. The Bertz CT molecular complexity index is 193. The van der Waals surface area contributed by atoms with E-state index in [-0.39, 0.29) is 0 Å². The molecule has 0 fully saturated rings. The summed E-state index contributed by atoms with van der Waals surface area (Å²) in [5.74, 6) is 0. The van der Waals surface area contributed by atoms with Gasteiger partial charge in [-0.3, -0.25) is 0 Å². The highest BCUT2D eigenvalue weighted by Gasteiger charge is 1.88. The van der Waals surface area contributed by atoms with Crippen molar-refractivity contribution in [3.63, 3.8) is 0 Å². The summed E-state index contributed by atoms with van der Waals surface area (Å²) in [5, 5.41) is 5.93. The Morgan fingerprint density at radius 2 is 1.86 bits per heavy atom. The van der Waals surface area contributed by atoms with Gasteiger partial charge in [0.15, 0.2) is 0 Å². The van der Waals surface area contributed by atoms with Crippen molar-refractivity contribution in [3.8, 4) is 11.3 Å². The lowest BCUT2D eigenvalue weighted by atomic mass is 11.2. The van der Waals surface area contributed by atoms with Crippen molar-refractivity contribution in [2.45, 2.75) is 0 Å². The minimum absolute atomic E-state index is 1.56. The van der Waals surface area contributed by atoms with Crippen molar-refractivity contribution in [3.05, 3.63) is 0 Å². The van der Waals surface area contributed by atoms with Crippen LogP contribution in [0.1, 0.15) is 0 Å². The quantitative estimate of drug-likeness (QED) is 0.290. The lowest BCUT2D eigenvalue weighted by molar-refractivity contribution is 0.607. The number of hydrogen-bond acceptors (Lipinski definition) is 3. The number of hydrogen-bond donors (Lipinski definition) is 2. The predicted octanol–water partition coefficient (Wildman–Crippen LogP) is -1.85. The van der Waals surface area contributed by atoms with Crippen LogP contribution in [0.3, 0.4) is 0 Å². The number of sulfonamides is 1. The van der Waals surface area contributed by atoms with Crippen LogP contribution in [0.15, 0.2) is 0 Å². The molecule has 0 saturated heterocycles. The fraction of sp³-hybridized carbons (Fsp3) is 0. The van der Waals surface area contributed by atoms with Crippen molar-refractivity contribution >= 4 is 10.0 Å². The summed E-state index contributed by atoms with van der Waals surface area (Å²) in [6.07, 6.45) is 0. The Labute approximate surface area is 41.5 Å².